The second kappa shape index (κ2) is 5.89. The number of hydrogen-bond acceptors (Lipinski definition) is 3. The molecule has 3 nitrogen and oxygen atoms in total. The van der Waals surface area contributed by atoms with E-state index in [2.05, 4.69) is 9.88 Å². The van der Waals surface area contributed by atoms with Crippen molar-refractivity contribution < 1.29 is 4.74 Å². The number of methoxy groups -OCH3 is 1. The molecule has 2 heterocycles. The van der Waals surface area contributed by atoms with Crippen LogP contribution in [0.4, 0.5) is 5.82 Å². The van der Waals surface area contributed by atoms with Crippen LogP contribution in [0, 0.1) is 0 Å². The zero-order chi connectivity index (χ0) is 12.3. The van der Waals surface area contributed by atoms with Gasteiger partial charge in [-0.05, 0) is 24.5 Å². The van der Waals surface area contributed by atoms with Crippen molar-refractivity contribution in [2.75, 3.05) is 25.1 Å². The van der Waals surface area contributed by atoms with Gasteiger partial charge in [0.15, 0.2) is 0 Å². The molecule has 1 saturated heterocycles. The summed E-state index contributed by atoms with van der Waals surface area (Å²) in [5.41, 5.74) is 0.937. The Bertz CT molecular complexity index is 379. The van der Waals surface area contributed by atoms with Crippen LogP contribution in [0.2, 0.25) is 5.02 Å². The van der Waals surface area contributed by atoms with E-state index >= 15 is 0 Å². The molecular formula is C12H16Cl2N2O. The smallest absolute Gasteiger partial charge is 0.128 e. The minimum Gasteiger partial charge on any atom is -0.381 e. The minimum absolute atomic E-state index is 0.381. The zero-order valence-electron chi connectivity index (χ0n) is 9.83. The number of nitrogens with zero attached hydrogens (tertiary/aromatic N) is 2. The van der Waals surface area contributed by atoms with Crippen molar-refractivity contribution in [2.45, 2.75) is 24.8 Å². The molecule has 5 heteroatoms. The van der Waals surface area contributed by atoms with Crippen LogP contribution >= 0.6 is 23.2 Å². The lowest BCUT2D eigenvalue weighted by atomic mass is 10.1. The fraction of sp³-hybridized carbons (Fsp3) is 0.583. The molecule has 0 spiro atoms. The molecule has 2 rings (SSSR count). The van der Waals surface area contributed by atoms with Gasteiger partial charge in [-0.2, -0.15) is 0 Å². The third-order valence-electron chi connectivity index (χ3n) is 3.16. The number of pyridine rings is 1. The van der Waals surface area contributed by atoms with E-state index in [0.717, 1.165) is 37.3 Å². The quantitative estimate of drug-likeness (QED) is 0.793. The predicted octanol–water partition coefficient (Wildman–Crippen LogP) is 3.09. The Morgan fingerprint density at radius 3 is 2.76 bits per heavy atom. The summed E-state index contributed by atoms with van der Waals surface area (Å²) < 4.78 is 5.35. The highest BCUT2D eigenvalue weighted by molar-refractivity contribution is 6.32. The molecule has 0 N–H and O–H groups in total. The van der Waals surface area contributed by atoms with Gasteiger partial charge in [-0.15, -0.1) is 11.6 Å². The molecule has 0 aromatic carbocycles. The molecule has 17 heavy (non-hydrogen) atoms. The van der Waals surface area contributed by atoms with Crippen LogP contribution in [0.25, 0.3) is 0 Å². The molecule has 0 bridgehead atoms. The Hall–Kier alpha value is -0.510. The highest BCUT2D eigenvalue weighted by Gasteiger charge is 2.20. The number of piperidine rings is 1. The predicted molar refractivity (Wildman–Crippen MR) is 71.0 cm³/mol. The summed E-state index contributed by atoms with van der Waals surface area (Å²) in [6.45, 7) is 1.93. The van der Waals surface area contributed by atoms with Crippen molar-refractivity contribution in [1.82, 2.24) is 4.98 Å². The van der Waals surface area contributed by atoms with Crippen molar-refractivity contribution in [3.05, 3.63) is 22.8 Å². The summed E-state index contributed by atoms with van der Waals surface area (Å²) in [5, 5.41) is 0.635. The van der Waals surface area contributed by atoms with Gasteiger partial charge in [0.1, 0.15) is 5.82 Å². The molecule has 1 aliphatic rings. The first-order valence-corrected chi connectivity index (χ1v) is 6.64. The first-order chi connectivity index (χ1) is 8.24. The van der Waals surface area contributed by atoms with E-state index in [4.69, 9.17) is 27.9 Å². The Kier molecular flexibility index (Phi) is 4.48. The lowest BCUT2D eigenvalue weighted by Crippen LogP contribution is -2.37. The summed E-state index contributed by atoms with van der Waals surface area (Å²) in [6.07, 6.45) is 4.14. The van der Waals surface area contributed by atoms with Gasteiger partial charge in [-0.1, -0.05) is 11.6 Å². The van der Waals surface area contributed by atoms with Crippen LogP contribution in [0.15, 0.2) is 12.3 Å². The lowest BCUT2D eigenvalue weighted by Gasteiger charge is -2.32. The van der Waals surface area contributed by atoms with E-state index in [9.17, 15) is 0 Å². The molecule has 0 atom stereocenters. The van der Waals surface area contributed by atoms with Crippen LogP contribution in [0.5, 0.6) is 0 Å². The average Bonchev–Trinajstić information content (AvgIpc) is 2.39. The van der Waals surface area contributed by atoms with Crippen LogP contribution in [0.1, 0.15) is 18.4 Å². The number of alkyl halides is 1. The summed E-state index contributed by atoms with van der Waals surface area (Å²) in [6, 6.07) is 1.97. The normalized spacial score (nSPS) is 17.5. The summed E-state index contributed by atoms with van der Waals surface area (Å²) in [4.78, 5) is 6.61. The number of rotatable bonds is 3. The van der Waals surface area contributed by atoms with E-state index in [1.165, 1.54) is 0 Å². The number of aromatic nitrogens is 1. The van der Waals surface area contributed by atoms with E-state index < -0.39 is 0 Å². The fourth-order valence-corrected chi connectivity index (χ4v) is 2.52. The van der Waals surface area contributed by atoms with Gasteiger partial charge in [0.2, 0.25) is 0 Å². The summed E-state index contributed by atoms with van der Waals surface area (Å²) in [5.74, 6) is 1.38. The molecule has 1 aromatic heterocycles. The zero-order valence-corrected chi connectivity index (χ0v) is 11.3. The molecule has 0 saturated carbocycles. The van der Waals surface area contributed by atoms with E-state index in [1.807, 2.05) is 6.07 Å². The minimum atomic E-state index is 0.381. The third-order valence-corrected chi connectivity index (χ3v) is 3.79. The second-order valence-corrected chi connectivity index (χ2v) is 4.86. The standard InChI is InChI=1S/C12H16Cl2N2O/c1-17-10-2-4-16(5-3-10)12-6-9(7-13)11(14)8-15-12/h6,8,10H,2-5,7H2,1H3. The SMILES string of the molecule is COC1CCN(c2cc(CCl)c(Cl)cn2)CC1. The maximum Gasteiger partial charge on any atom is 0.128 e. The van der Waals surface area contributed by atoms with Crippen LogP contribution in [-0.4, -0.2) is 31.3 Å². The first kappa shape index (κ1) is 12.9. The molecular weight excluding hydrogens is 259 g/mol. The number of anilines is 1. The average molecular weight is 275 g/mol. The number of ether oxygens (including phenoxy) is 1. The monoisotopic (exact) mass is 274 g/mol. The molecule has 1 fully saturated rings. The first-order valence-electron chi connectivity index (χ1n) is 5.72. The van der Waals surface area contributed by atoms with Crippen LogP contribution < -0.4 is 4.90 Å². The maximum atomic E-state index is 6.00. The Labute approximate surface area is 112 Å². The van der Waals surface area contributed by atoms with E-state index in [0.29, 0.717) is 17.0 Å². The Morgan fingerprint density at radius 1 is 1.47 bits per heavy atom. The Morgan fingerprint density at radius 2 is 2.18 bits per heavy atom. The van der Waals surface area contributed by atoms with E-state index in [1.54, 1.807) is 13.3 Å². The van der Waals surface area contributed by atoms with Gasteiger partial charge >= 0.3 is 0 Å². The maximum absolute atomic E-state index is 6.00. The van der Waals surface area contributed by atoms with Crippen molar-refractivity contribution in [3.63, 3.8) is 0 Å². The number of halogens is 2. The van der Waals surface area contributed by atoms with Gasteiger partial charge < -0.3 is 9.64 Å². The van der Waals surface area contributed by atoms with Crippen molar-refractivity contribution in [2.24, 2.45) is 0 Å². The summed E-state index contributed by atoms with van der Waals surface area (Å²) >= 11 is 11.8. The van der Waals surface area contributed by atoms with Crippen molar-refractivity contribution in [1.29, 1.82) is 0 Å². The fourth-order valence-electron chi connectivity index (χ4n) is 2.06. The van der Waals surface area contributed by atoms with E-state index in [-0.39, 0.29) is 0 Å². The molecule has 94 valence electrons. The molecule has 0 amide bonds. The largest absolute Gasteiger partial charge is 0.381 e. The molecule has 0 radical (unpaired) electrons. The van der Waals surface area contributed by atoms with Crippen molar-refractivity contribution in [3.8, 4) is 0 Å². The molecule has 0 aliphatic carbocycles. The lowest BCUT2D eigenvalue weighted by molar-refractivity contribution is 0.0818. The third kappa shape index (κ3) is 3.03. The topological polar surface area (TPSA) is 25.4 Å². The van der Waals surface area contributed by atoms with Gasteiger partial charge in [0.25, 0.3) is 0 Å². The van der Waals surface area contributed by atoms with Crippen LogP contribution in [0.3, 0.4) is 0 Å². The Balaban J connectivity index is 2.08. The molecule has 0 unspecified atom stereocenters. The van der Waals surface area contributed by atoms with Crippen LogP contribution in [-0.2, 0) is 10.6 Å². The highest BCUT2D eigenvalue weighted by Crippen LogP contribution is 2.24. The second-order valence-electron chi connectivity index (χ2n) is 4.19. The highest BCUT2D eigenvalue weighted by atomic mass is 35.5. The number of hydrogen-bond donors (Lipinski definition) is 0. The van der Waals surface area contributed by atoms with Gasteiger partial charge in [0.05, 0.1) is 11.1 Å². The van der Waals surface area contributed by atoms with Gasteiger partial charge in [-0.25, -0.2) is 4.98 Å². The van der Waals surface area contributed by atoms with Crippen molar-refractivity contribution >= 4 is 29.0 Å². The van der Waals surface area contributed by atoms with Gasteiger partial charge in [-0.3, -0.25) is 0 Å². The molecule has 1 aromatic rings. The molecule has 1 aliphatic heterocycles. The van der Waals surface area contributed by atoms with Gasteiger partial charge in [0, 0.05) is 32.3 Å². The summed E-state index contributed by atoms with van der Waals surface area (Å²) in [7, 11) is 1.77.